The summed E-state index contributed by atoms with van der Waals surface area (Å²) in [6.45, 7) is 8.53. The van der Waals surface area contributed by atoms with E-state index >= 15 is 0 Å². The molecule has 2 unspecified atom stereocenters. The summed E-state index contributed by atoms with van der Waals surface area (Å²) >= 11 is 5.92. The minimum absolute atomic E-state index is 0.0387. The van der Waals surface area contributed by atoms with Crippen molar-refractivity contribution in [3.63, 3.8) is 0 Å². The Balaban J connectivity index is 0.00000293. The number of benzene rings is 5. The number of carbonyl (C=O) groups excluding carboxylic acids is 2. The summed E-state index contributed by atoms with van der Waals surface area (Å²) in [4.78, 5) is 34.4. The smallest absolute Gasteiger partial charge is 0.318 e. The number of amides is 3. The molecule has 4 atom stereocenters. The Morgan fingerprint density at radius 3 is 2.38 bits per heavy atom. The molecular weight excluding hydrogens is 819 g/mol. The van der Waals surface area contributed by atoms with E-state index in [1.807, 2.05) is 99.8 Å². The van der Waals surface area contributed by atoms with Gasteiger partial charge in [-0.05, 0) is 115 Å². The largest absolute Gasteiger partial charge is 0.489 e. The molecule has 0 radical (unpaired) electrons. The van der Waals surface area contributed by atoms with Gasteiger partial charge in [0.15, 0.2) is 17.6 Å². The minimum Gasteiger partial charge on any atom is -0.489 e. The van der Waals surface area contributed by atoms with Gasteiger partial charge in [0.2, 0.25) is 5.91 Å². The number of urea groups is 1. The van der Waals surface area contributed by atoms with Crippen molar-refractivity contribution in [2.75, 3.05) is 13.7 Å². The quantitative estimate of drug-likeness (QED) is 0.119. The Kier molecular flexibility index (Phi) is 14.3. The van der Waals surface area contributed by atoms with E-state index in [0.717, 1.165) is 57.3 Å². The molecule has 3 heterocycles. The number of nitrogens with zero attached hydrogens (tertiary/aromatic N) is 2. The van der Waals surface area contributed by atoms with E-state index in [9.17, 15) is 14.0 Å². The summed E-state index contributed by atoms with van der Waals surface area (Å²) in [5.74, 6) is 1.00. The lowest BCUT2D eigenvalue weighted by Crippen LogP contribution is -2.56. The van der Waals surface area contributed by atoms with E-state index < -0.39 is 18.0 Å². The highest BCUT2D eigenvalue weighted by molar-refractivity contribution is 6.30. The zero-order valence-electron chi connectivity index (χ0n) is 36.0. The Morgan fingerprint density at radius 1 is 0.905 bits per heavy atom. The molecule has 0 spiro atoms. The van der Waals surface area contributed by atoms with Gasteiger partial charge in [0.25, 0.3) is 0 Å². The van der Waals surface area contributed by atoms with Crippen LogP contribution < -0.4 is 24.8 Å². The average molecular weight is 871 g/mol. The first-order valence-electron chi connectivity index (χ1n) is 21.0. The molecule has 0 bridgehead atoms. The first-order chi connectivity index (χ1) is 30.5. The van der Waals surface area contributed by atoms with Gasteiger partial charge in [0, 0.05) is 43.6 Å². The maximum Gasteiger partial charge on any atom is 0.318 e. The van der Waals surface area contributed by atoms with E-state index in [4.69, 9.17) is 30.9 Å². The molecule has 8 rings (SSSR count). The number of hydrogen-bond acceptors (Lipinski definition) is 7. The van der Waals surface area contributed by atoms with Gasteiger partial charge in [-0.15, -0.1) is 0 Å². The maximum absolute atomic E-state index is 14.4. The molecule has 5 aromatic carbocycles. The van der Waals surface area contributed by atoms with Crippen molar-refractivity contribution < 1.29 is 33.3 Å². The van der Waals surface area contributed by atoms with E-state index in [1.54, 1.807) is 17.0 Å². The summed E-state index contributed by atoms with van der Waals surface area (Å²) in [5.41, 5.74) is 9.53. The van der Waals surface area contributed by atoms with Crippen LogP contribution in [0.4, 0.5) is 9.18 Å². The second-order valence-corrected chi connectivity index (χ2v) is 16.3. The van der Waals surface area contributed by atoms with Crippen LogP contribution >= 0.6 is 11.6 Å². The number of halogens is 2. The summed E-state index contributed by atoms with van der Waals surface area (Å²) in [6, 6.07) is 34.7. The number of fused-ring (bicyclic) bond motifs is 2. The Morgan fingerprint density at radius 2 is 1.63 bits per heavy atom. The van der Waals surface area contributed by atoms with Crippen molar-refractivity contribution in [3.05, 3.63) is 177 Å². The molecule has 2 aliphatic rings. The third kappa shape index (κ3) is 10.4. The molecule has 3 amide bonds. The number of carbonyl (C=O) groups is 2. The third-order valence-electron chi connectivity index (χ3n) is 11.6. The van der Waals surface area contributed by atoms with E-state index in [0.29, 0.717) is 35.7 Å². The summed E-state index contributed by atoms with van der Waals surface area (Å²) in [6.07, 6.45) is 2.36. The van der Waals surface area contributed by atoms with Crippen LogP contribution in [0.1, 0.15) is 70.6 Å². The van der Waals surface area contributed by atoms with Crippen molar-refractivity contribution in [1.82, 2.24) is 20.5 Å². The van der Waals surface area contributed by atoms with Crippen molar-refractivity contribution >= 4 is 23.5 Å². The molecule has 1 aromatic heterocycles. The number of aliphatic hydroxyl groups excluding tert-OH is 1. The van der Waals surface area contributed by atoms with Gasteiger partial charge in [-0.2, -0.15) is 0 Å². The van der Waals surface area contributed by atoms with Crippen LogP contribution in [0.3, 0.4) is 0 Å². The van der Waals surface area contributed by atoms with E-state index in [-0.39, 0.29) is 48.8 Å². The lowest BCUT2D eigenvalue weighted by atomic mass is 9.92. The van der Waals surface area contributed by atoms with Crippen molar-refractivity contribution in [2.45, 2.75) is 77.9 Å². The number of rotatable bonds is 11. The lowest BCUT2D eigenvalue weighted by molar-refractivity contribution is -0.126. The summed E-state index contributed by atoms with van der Waals surface area (Å²) in [5, 5.41) is 13.4. The lowest BCUT2D eigenvalue weighted by Gasteiger charge is -2.38. The Labute approximate surface area is 373 Å². The molecule has 3 N–H and O–H groups in total. The zero-order chi connectivity index (χ0) is 44.6. The van der Waals surface area contributed by atoms with Crippen LogP contribution in [-0.2, 0) is 30.8 Å². The highest BCUT2D eigenvalue weighted by atomic mass is 35.5. The second kappa shape index (κ2) is 20.2. The van der Waals surface area contributed by atoms with Crippen molar-refractivity contribution in [2.24, 2.45) is 0 Å². The van der Waals surface area contributed by atoms with Crippen LogP contribution in [0.5, 0.6) is 17.2 Å². The molecule has 2 aliphatic heterocycles. The molecule has 0 saturated heterocycles. The van der Waals surface area contributed by atoms with Crippen LogP contribution in [0, 0.1) is 19.7 Å². The number of aryl methyl sites for hydroxylation is 1. The second-order valence-electron chi connectivity index (χ2n) is 15.9. The number of aromatic nitrogens is 1. The Hall–Kier alpha value is -6.43. The van der Waals surface area contributed by atoms with Gasteiger partial charge in [-0.1, -0.05) is 90.5 Å². The topological polar surface area (TPSA) is 122 Å². The molecule has 0 aliphatic carbocycles. The van der Waals surface area contributed by atoms with Crippen LogP contribution in [-0.4, -0.2) is 52.7 Å². The SMILES string of the molecule is CO.Cc1nccc(-c2ccc(C[C@@H](C)NC(=O)C3Cc4cc5c(cc4CN3C(=O)N[C@H](C)c3ccccc3)OC(c3ccc(OCc4cccc(Cl)c4F)cc3)CO5)cc2)c1C. The van der Waals surface area contributed by atoms with Crippen molar-refractivity contribution in [1.29, 1.82) is 0 Å². The number of ether oxygens (including phenoxy) is 3. The first-order valence-corrected chi connectivity index (χ1v) is 21.4. The number of aliphatic hydroxyl groups is 1. The molecule has 10 nitrogen and oxygen atoms in total. The van der Waals surface area contributed by atoms with E-state index in [1.165, 1.54) is 6.07 Å². The summed E-state index contributed by atoms with van der Waals surface area (Å²) in [7, 11) is 1.00. The van der Waals surface area contributed by atoms with Crippen LogP contribution in [0.2, 0.25) is 5.02 Å². The number of pyridine rings is 1. The van der Waals surface area contributed by atoms with Crippen LogP contribution in [0.25, 0.3) is 11.1 Å². The molecular formula is C51H52ClFN4O6. The van der Waals surface area contributed by atoms with E-state index in [2.05, 4.69) is 46.8 Å². The van der Waals surface area contributed by atoms with Gasteiger partial charge in [-0.25, -0.2) is 9.18 Å². The normalized spacial score (nSPS) is 16.1. The number of nitrogens with one attached hydrogen (secondary N) is 2. The third-order valence-corrected chi connectivity index (χ3v) is 11.9. The van der Waals surface area contributed by atoms with Gasteiger partial charge in [-0.3, -0.25) is 9.78 Å². The monoisotopic (exact) mass is 870 g/mol. The molecule has 0 fully saturated rings. The van der Waals surface area contributed by atoms with Crippen LogP contribution in [0.15, 0.2) is 121 Å². The zero-order valence-corrected chi connectivity index (χ0v) is 36.8. The van der Waals surface area contributed by atoms with Gasteiger partial charge < -0.3 is 34.9 Å². The molecule has 0 saturated carbocycles. The highest BCUT2D eigenvalue weighted by Crippen LogP contribution is 2.41. The predicted octanol–water partition coefficient (Wildman–Crippen LogP) is 9.80. The van der Waals surface area contributed by atoms with Gasteiger partial charge >= 0.3 is 6.03 Å². The maximum atomic E-state index is 14.4. The molecule has 326 valence electrons. The average Bonchev–Trinajstić information content (AvgIpc) is 3.30. The fourth-order valence-corrected chi connectivity index (χ4v) is 8.17. The molecule has 12 heteroatoms. The number of hydrogen-bond donors (Lipinski definition) is 3. The molecule has 63 heavy (non-hydrogen) atoms. The fourth-order valence-electron chi connectivity index (χ4n) is 7.97. The standard InChI is InChI=1S/C50H48ClFN4O5.CH4O/c1-30(23-34-13-15-36(16-14-34)42-21-22-53-32(3)31(42)2)54-49(57)44-24-39-25-45-46(26-40(39)27-56(44)50(58)55-33(4)35-9-6-5-7-10-35)61-47(29-60-45)37-17-19-41(20-18-37)59-28-38-11-8-12-43(51)48(38)52;1-2/h5-22,25-26,30,33,44,47H,23-24,27-29H2,1-4H3,(H,54,57)(H,55,58);2H,1H3/t30-,33-,44?,47?;/m1./s1. The predicted molar refractivity (Wildman–Crippen MR) is 243 cm³/mol. The summed E-state index contributed by atoms with van der Waals surface area (Å²) < 4.78 is 32.9. The fraction of sp³-hybridized carbons (Fsp3) is 0.275. The van der Waals surface area contributed by atoms with Gasteiger partial charge in [0.05, 0.1) is 11.1 Å². The first kappa shape index (κ1) is 44.6. The molecule has 6 aromatic rings. The minimum atomic E-state index is -0.760. The Bertz CT molecular complexity index is 2540. The van der Waals surface area contributed by atoms with Crippen molar-refractivity contribution in [3.8, 4) is 28.4 Å². The van der Waals surface area contributed by atoms with Gasteiger partial charge in [0.1, 0.15) is 30.8 Å². The highest BCUT2D eigenvalue weighted by Gasteiger charge is 2.37.